The minimum Gasteiger partial charge on any atom is -0.496 e. The maximum Gasteiger partial charge on any atom is 0.127 e. The molecule has 0 aliphatic rings. The number of hydrogen-bond donors (Lipinski definition) is 1. The van der Waals surface area contributed by atoms with Crippen molar-refractivity contribution < 1.29 is 9.47 Å². The van der Waals surface area contributed by atoms with Gasteiger partial charge in [-0.25, -0.2) is 0 Å². The van der Waals surface area contributed by atoms with Gasteiger partial charge < -0.3 is 14.8 Å². The summed E-state index contributed by atoms with van der Waals surface area (Å²) in [7, 11) is 5.29. The summed E-state index contributed by atoms with van der Waals surface area (Å²) in [5.41, 5.74) is 2.19. The lowest BCUT2D eigenvalue weighted by atomic mass is 9.97. The van der Waals surface area contributed by atoms with Gasteiger partial charge in [0.25, 0.3) is 0 Å². The van der Waals surface area contributed by atoms with Crippen molar-refractivity contribution in [3.8, 4) is 11.5 Å². The zero-order chi connectivity index (χ0) is 13.7. The van der Waals surface area contributed by atoms with E-state index < -0.39 is 0 Å². The summed E-state index contributed by atoms with van der Waals surface area (Å²) in [5.74, 6) is 1.64. The van der Waals surface area contributed by atoms with Crippen molar-refractivity contribution in [3.05, 3.63) is 59.7 Å². The van der Waals surface area contributed by atoms with E-state index in [1.165, 1.54) is 5.56 Å². The van der Waals surface area contributed by atoms with Crippen molar-refractivity contribution in [2.24, 2.45) is 0 Å². The number of benzene rings is 2. The first-order valence-corrected chi connectivity index (χ1v) is 6.25. The Labute approximate surface area is 114 Å². The Bertz CT molecular complexity index is 503. The van der Waals surface area contributed by atoms with Gasteiger partial charge >= 0.3 is 0 Å². The van der Waals surface area contributed by atoms with Crippen LogP contribution in [0.4, 0.5) is 0 Å². The van der Waals surface area contributed by atoms with Gasteiger partial charge in [0.1, 0.15) is 11.5 Å². The molecule has 0 saturated carbocycles. The lowest BCUT2D eigenvalue weighted by Gasteiger charge is -2.22. The summed E-state index contributed by atoms with van der Waals surface area (Å²) in [6, 6.07) is 16.1. The summed E-state index contributed by atoms with van der Waals surface area (Å²) in [5, 5.41) is 3.32. The summed E-state index contributed by atoms with van der Waals surface area (Å²) in [4.78, 5) is 0. The second-order valence-corrected chi connectivity index (χ2v) is 4.21. The third-order valence-corrected chi connectivity index (χ3v) is 3.18. The highest BCUT2D eigenvalue weighted by Crippen LogP contribution is 2.36. The fourth-order valence-corrected chi connectivity index (χ4v) is 2.29. The van der Waals surface area contributed by atoms with E-state index in [-0.39, 0.29) is 6.04 Å². The van der Waals surface area contributed by atoms with Gasteiger partial charge in [-0.1, -0.05) is 36.4 Å². The molecule has 0 amide bonds. The van der Waals surface area contributed by atoms with Crippen LogP contribution in [-0.2, 0) is 0 Å². The minimum absolute atomic E-state index is 0.0345. The molecule has 100 valence electrons. The lowest BCUT2D eigenvalue weighted by Crippen LogP contribution is -2.19. The lowest BCUT2D eigenvalue weighted by molar-refractivity contribution is 0.379. The van der Waals surface area contributed by atoms with E-state index in [9.17, 15) is 0 Å². The highest BCUT2D eigenvalue weighted by atomic mass is 16.5. The van der Waals surface area contributed by atoms with Crippen molar-refractivity contribution in [1.29, 1.82) is 0 Å². The summed E-state index contributed by atoms with van der Waals surface area (Å²) >= 11 is 0. The highest BCUT2D eigenvalue weighted by Gasteiger charge is 2.20. The molecule has 19 heavy (non-hydrogen) atoms. The number of hydrogen-bond acceptors (Lipinski definition) is 3. The quantitative estimate of drug-likeness (QED) is 0.893. The van der Waals surface area contributed by atoms with Crippen LogP contribution >= 0.6 is 0 Å². The molecule has 0 aliphatic carbocycles. The van der Waals surface area contributed by atoms with E-state index in [1.54, 1.807) is 14.2 Å². The first-order chi connectivity index (χ1) is 9.31. The zero-order valence-corrected chi connectivity index (χ0v) is 11.5. The van der Waals surface area contributed by atoms with Gasteiger partial charge in [-0.2, -0.15) is 0 Å². The maximum atomic E-state index is 5.47. The molecule has 0 fully saturated rings. The fourth-order valence-electron chi connectivity index (χ4n) is 2.29. The Morgan fingerprint density at radius 2 is 1.42 bits per heavy atom. The van der Waals surface area contributed by atoms with Crippen LogP contribution in [-0.4, -0.2) is 21.3 Å². The van der Waals surface area contributed by atoms with Crippen LogP contribution in [0.5, 0.6) is 11.5 Å². The average molecular weight is 257 g/mol. The van der Waals surface area contributed by atoms with Gasteiger partial charge in [-0.15, -0.1) is 0 Å². The van der Waals surface area contributed by atoms with Crippen LogP contribution in [0.3, 0.4) is 0 Å². The fraction of sp³-hybridized carbons (Fsp3) is 0.250. The minimum atomic E-state index is 0.0345. The van der Waals surface area contributed by atoms with E-state index in [0.29, 0.717) is 0 Å². The Balaban J connectivity index is 2.54. The SMILES string of the molecule is CNC(c1ccccc1)c1c(OC)cccc1OC. The van der Waals surface area contributed by atoms with Gasteiger partial charge in [0, 0.05) is 0 Å². The molecular formula is C16H19NO2. The van der Waals surface area contributed by atoms with Crippen molar-refractivity contribution in [3.63, 3.8) is 0 Å². The molecule has 1 unspecified atom stereocenters. The zero-order valence-electron chi connectivity index (χ0n) is 11.5. The van der Waals surface area contributed by atoms with E-state index in [1.807, 2.05) is 43.4 Å². The number of methoxy groups -OCH3 is 2. The van der Waals surface area contributed by atoms with E-state index in [0.717, 1.165) is 17.1 Å². The van der Waals surface area contributed by atoms with Crippen molar-refractivity contribution >= 4 is 0 Å². The normalized spacial score (nSPS) is 11.9. The molecule has 0 saturated heterocycles. The molecule has 0 radical (unpaired) electrons. The standard InChI is InChI=1S/C16H19NO2/c1-17-16(12-8-5-4-6-9-12)15-13(18-2)10-7-11-14(15)19-3/h4-11,16-17H,1-3H3. The molecule has 0 heterocycles. The molecular weight excluding hydrogens is 238 g/mol. The molecule has 2 rings (SSSR count). The summed E-state index contributed by atoms with van der Waals surface area (Å²) in [6.07, 6.45) is 0. The molecule has 1 atom stereocenters. The monoisotopic (exact) mass is 257 g/mol. The largest absolute Gasteiger partial charge is 0.496 e. The molecule has 3 nitrogen and oxygen atoms in total. The van der Waals surface area contributed by atoms with E-state index >= 15 is 0 Å². The highest BCUT2D eigenvalue weighted by molar-refractivity contribution is 5.50. The van der Waals surface area contributed by atoms with Crippen molar-refractivity contribution in [1.82, 2.24) is 5.32 Å². The second kappa shape index (κ2) is 6.25. The van der Waals surface area contributed by atoms with Crippen LogP contribution in [0, 0.1) is 0 Å². The first-order valence-electron chi connectivity index (χ1n) is 6.25. The molecule has 2 aromatic carbocycles. The van der Waals surface area contributed by atoms with Gasteiger partial charge in [-0.05, 0) is 24.7 Å². The predicted octanol–water partition coefficient (Wildman–Crippen LogP) is 3.01. The predicted molar refractivity (Wildman–Crippen MR) is 76.9 cm³/mol. The van der Waals surface area contributed by atoms with E-state index in [4.69, 9.17) is 9.47 Å². The average Bonchev–Trinajstić information content (AvgIpc) is 2.49. The van der Waals surface area contributed by atoms with Gasteiger partial charge in [0.2, 0.25) is 0 Å². The molecule has 0 aromatic heterocycles. The van der Waals surface area contributed by atoms with Crippen LogP contribution in [0.15, 0.2) is 48.5 Å². The summed E-state index contributed by atoms with van der Waals surface area (Å²) in [6.45, 7) is 0. The molecule has 0 bridgehead atoms. The van der Waals surface area contributed by atoms with Crippen molar-refractivity contribution in [2.75, 3.05) is 21.3 Å². The summed E-state index contributed by atoms with van der Waals surface area (Å²) < 4.78 is 10.9. The van der Waals surface area contributed by atoms with Crippen LogP contribution in [0.25, 0.3) is 0 Å². The maximum absolute atomic E-state index is 5.47. The molecule has 0 aliphatic heterocycles. The third-order valence-electron chi connectivity index (χ3n) is 3.18. The molecule has 3 heteroatoms. The second-order valence-electron chi connectivity index (χ2n) is 4.21. The first kappa shape index (κ1) is 13.4. The van der Waals surface area contributed by atoms with Crippen molar-refractivity contribution in [2.45, 2.75) is 6.04 Å². The van der Waals surface area contributed by atoms with Crippen LogP contribution < -0.4 is 14.8 Å². The molecule has 2 aromatic rings. The molecule has 0 spiro atoms. The Hall–Kier alpha value is -2.00. The smallest absolute Gasteiger partial charge is 0.127 e. The topological polar surface area (TPSA) is 30.5 Å². The number of ether oxygens (including phenoxy) is 2. The molecule has 1 N–H and O–H groups in total. The Kier molecular flexibility index (Phi) is 4.42. The Morgan fingerprint density at radius 1 is 0.842 bits per heavy atom. The van der Waals surface area contributed by atoms with Crippen LogP contribution in [0.2, 0.25) is 0 Å². The number of rotatable bonds is 5. The van der Waals surface area contributed by atoms with E-state index in [2.05, 4.69) is 17.4 Å². The van der Waals surface area contributed by atoms with Gasteiger partial charge in [0.05, 0.1) is 25.8 Å². The van der Waals surface area contributed by atoms with Crippen LogP contribution in [0.1, 0.15) is 17.2 Å². The van der Waals surface area contributed by atoms with Gasteiger partial charge in [-0.3, -0.25) is 0 Å². The van der Waals surface area contributed by atoms with Gasteiger partial charge in [0.15, 0.2) is 0 Å². The third kappa shape index (κ3) is 2.71. The number of nitrogens with one attached hydrogen (secondary N) is 1. The Morgan fingerprint density at radius 3 is 1.89 bits per heavy atom.